The number of anilines is 1. The van der Waals surface area contributed by atoms with Gasteiger partial charge in [0.15, 0.2) is 11.5 Å². The third-order valence-corrected chi connectivity index (χ3v) is 4.52. The normalized spacial score (nSPS) is 13.1. The quantitative estimate of drug-likeness (QED) is 0.652. The van der Waals surface area contributed by atoms with E-state index in [9.17, 15) is 4.79 Å². The van der Waals surface area contributed by atoms with E-state index < -0.39 is 0 Å². The van der Waals surface area contributed by atoms with Gasteiger partial charge in [-0.3, -0.25) is 4.79 Å². The van der Waals surface area contributed by atoms with Crippen LogP contribution in [0.5, 0.6) is 11.5 Å². The topological polar surface area (TPSA) is 63.4 Å². The number of benzene rings is 2. The molecule has 4 rings (SSSR count). The minimum absolute atomic E-state index is 0.277. The number of hydrogen-bond acceptors (Lipinski definition) is 3. The summed E-state index contributed by atoms with van der Waals surface area (Å²) < 4.78 is 11.9. The second-order valence-electron chi connectivity index (χ2n) is 5.34. The molecular weight excluding hydrogens is 396 g/mol. The first-order valence-corrected chi connectivity index (χ1v) is 8.46. The molecule has 0 atom stereocenters. The number of ether oxygens (including phenoxy) is 2. The number of aromatic amines is 1. The van der Waals surface area contributed by atoms with Gasteiger partial charge in [-0.1, -0.05) is 33.6 Å². The maximum atomic E-state index is 12.5. The van der Waals surface area contributed by atoms with Crippen LogP contribution in [-0.2, 0) is 0 Å². The molecule has 0 unspecified atom stereocenters. The van der Waals surface area contributed by atoms with Gasteiger partial charge in [0, 0.05) is 27.5 Å². The molecular formula is C17H12BrClN2O3. The number of aromatic nitrogens is 1. The van der Waals surface area contributed by atoms with Crippen LogP contribution in [0.2, 0.25) is 5.02 Å². The number of amides is 1. The second kappa shape index (κ2) is 6.03. The van der Waals surface area contributed by atoms with Crippen LogP contribution < -0.4 is 14.8 Å². The van der Waals surface area contributed by atoms with E-state index in [4.69, 9.17) is 21.1 Å². The number of hydrogen-bond donors (Lipinski definition) is 2. The lowest BCUT2D eigenvalue weighted by molar-refractivity contribution is 0.102. The first-order valence-electron chi connectivity index (χ1n) is 7.29. The number of H-pyrrole nitrogens is 1. The van der Waals surface area contributed by atoms with Gasteiger partial charge in [0.1, 0.15) is 18.9 Å². The van der Waals surface area contributed by atoms with Crippen molar-refractivity contribution in [3.63, 3.8) is 0 Å². The van der Waals surface area contributed by atoms with Crippen LogP contribution >= 0.6 is 27.5 Å². The van der Waals surface area contributed by atoms with Crippen molar-refractivity contribution in [1.29, 1.82) is 0 Å². The Hall–Kier alpha value is -2.18. The highest BCUT2D eigenvalue weighted by Crippen LogP contribution is 2.38. The molecule has 2 aromatic carbocycles. The smallest absolute Gasteiger partial charge is 0.272 e. The molecule has 0 saturated carbocycles. The van der Waals surface area contributed by atoms with Crippen molar-refractivity contribution in [1.82, 2.24) is 4.98 Å². The van der Waals surface area contributed by atoms with Gasteiger partial charge >= 0.3 is 0 Å². The largest absolute Gasteiger partial charge is 0.486 e. The number of fused-ring (bicyclic) bond motifs is 2. The molecule has 7 heteroatoms. The molecule has 2 heterocycles. The van der Waals surface area contributed by atoms with Gasteiger partial charge in [0.2, 0.25) is 0 Å². The highest BCUT2D eigenvalue weighted by Gasteiger charge is 2.17. The SMILES string of the molecule is O=C(Nc1cc2c(cc1Cl)OCCO2)c1cc2ccc(Br)cc2[nH]1. The molecule has 0 radical (unpaired) electrons. The molecule has 1 aliphatic heterocycles. The minimum Gasteiger partial charge on any atom is -0.486 e. The molecule has 5 nitrogen and oxygen atoms in total. The first-order chi connectivity index (χ1) is 11.6. The molecule has 1 aliphatic rings. The zero-order valence-corrected chi connectivity index (χ0v) is 14.7. The molecule has 0 bridgehead atoms. The molecule has 0 fully saturated rings. The zero-order valence-electron chi connectivity index (χ0n) is 12.4. The average Bonchev–Trinajstić information content (AvgIpc) is 2.98. The Morgan fingerprint density at radius 3 is 2.67 bits per heavy atom. The van der Waals surface area contributed by atoms with E-state index in [1.54, 1.807) is 18.2 Å². The summed E-state index contributed by atoms with van der Waals surface area (Å²) in [6.07, 6.45) is 0. The predicted octanol–water partition coefficient (Wildman–Crippen LogP) is 4.61. The Labute approximate surface area is 151 Å². The number of carbonyl (C=O) groups excluding carboxylic acids is 1. The van der Waals surface area contributed by atoms with Gasteiger partial charge in [-0.2, -0.15) is 0 Å². The predicted molar refractivity (Wildman–Crippen MR) is 96.4 cm³/mol. The minimum atomic E-state index is -0.277. The highest BCUT2D eigenvalue weighted by molar-refractivity contribution is 9.10. The summed E-state index contributed by atoms with van der Waals surface area (Å²) in [4.78, 5) is 15.6. The van der Waals surface area contributed by atoms with Crippen molar-refractivity contribution in [2.75, 3.05) is 18.5 Å². The summed E-state index contributed by atoms with van der Waals surface area (Å²) in [7, 11) is 0. The average molecular weight is 408 g/mol. The van der Waals surface area contributed by atoms with E-state index in [0.717, 1.165) is 15.4 Å². The van der Waals surface area contributed by atoms with Crippen molar-refractivity contribution in [3.05, 3.63) is 51.6 Å². The Bertz CT molecular complexity index is 954. The van der Waals surface area contributed by atoms with Gasteiger partial charge in [-0.25, -0.2) is 0 Å². The molecule has 0 spiro atoms. The molecule has 1 amide bonds. The Morgan fingerprint density at radius 2 is 1.88 bits per heavy atom. The molecule has 122 valence electrons. The van der Waals surface area contributed by atoms with E-state index in [1.807, 2.05) is 18.2 Å². The van der Waals surface area contributed by atoms with Crippen molar-refractivity contribution in [2.45, 2.75) is 0 Å². The first kappa shape index (κ1) is 15.4. The highest BCUT2D eigenvalue weighted by atomic mass is 79.9. The summed E-state index contributed by atoms with van der Waals surface area (Å²) in [5.74, 6) is 0.877. The maximum absolute atomic E-state index is 12.5. The Kier molecular flexibility index (Phi) is 3.86. The van der Waals surface area contributed by atoms with Gasteiger partial charge in [-0.05, 0) is 18.2 Å². The van der Waals surface area contributed by atoms with Gasteiger partial charge < -0.3 is 19.8 Å². The second-order valence-corrected chi connectivity index (χ2v) is 6.67. The summed E-state index contributed by atoms with van der Waals surface area (Å²) in [6.45, 7) is 0.957. The molecule has 24 heavy (non-hydrogen) atoms. The van der Waals surface area contributed by atoms with Crippen molar-refractivity contribution in [2.24, 2.45) is 0 Å². The van der Waals surface area contributed by atoms with Crippen LogP contribution in [0.4, 0.5) is 5.69 Å². The fourth-order valence-corrected chi connectivity index (χ4v) is 3.13. The maximum Gasteiger partial charge on any atom is 0.272 e. The van der Waals surface area contributed by atoms with E-state index in [-0.39, 0.29) is 5.91 Å². The fraction of sp³-hybridized carbons (Fsp3) is 0.118. The fourth-order valence-electron chi connectivity index (χ4n) is 2.57. The van der Waals surface area contributed by atoms with Gasteiger partial charge in [-0.15, -0.1) is 0 Å². The van der Waals surface area contributed by atoms with Crippen LogP contribution in [0.1, 0.15) is 10.5 Å². The summed E-state index contributed by atoms with van der Waals surface area (Å²) in [5, 5.41) is 4.15. The molecule has 3 aromatic rings. The van der Waals surface area contributed by atoms with Crippen LogP contribution in [0.25, 0.3) is 10.9 Å². The van der Waals surface area contributed by atoms with E-state index in [0.29, 0.717) is 41.1 Å². The molecule has 2 N–H and O–H groups in total. The number of nitrogens with one attached hydrogen (secondary N) is 2. The Morgan fingerprint density at radius 1 is 1.12 bits per heavy atom. The Balaban J connectivity index is 1.63. The lowest BCUT2D eigenvalue weighted by atomic mass is 10.2. The standard InChI is InChI=1S/C17H12BrClN2O3/c18-10-2-1-9-5-14(20-12(9)6-10)17(22)21-13-8-16-15(7-11(13)19)23-3-4-24-16/h1-2,5-8,20H,3-4H2,(H,21,22). The van der Waals surface area contributed by atoms with Gasteiger partial charge in [0.25, 0.3) is 5.91 Å². The zero-order chi connectivity index (χ0) is 16.7. The van der Waals surface area contributed by atoms with Crippen LogP contribution in [-0.4, -0.2) is 24.1 Å². The molecule has 0 saturated heterocycles. The number of halogens is 2. The summed E-state index contributed by atoms with van der Waals surface area (Å²) in [6, 6.07) is 10.9. The lowest BCUT2D eigenvalue weighted by Crippen LogP contribution is -2.17. The third kappa shape index (κ3) is 2.83. The monoisotopic (exact) mass is 406 g/mol. The van der Waals surface area contributed by atoms with Crippen LogP contribution in [0.15, 0.2) is 40.9 Å². The van der Waals surface area contributed by atoms with E-state index in [2.05, 4.69) is 26.2 Å². The lowest BCUT2D eigenvalue weighted by Gasteiger charge is -2.19. The van der Waals surface area contributed by atoms with E-state index >= 15 is 0 Å². The van der Waals surface area contributed by atoms with Crippen molar-refractivity contribution in [3.8, 4) is 11.5 Å². The summed E-state index contributed by atoms with van der Waals surface area (Å²) in [5.41, 5.74) is 1.81. The number of rotatable bonds is 2. The van der Waals surface area contributed by atoms with Gasteiger partial charge in [0.05, 0.1) is 10.7 Å². The summed E-state index contributed by atoms with van der Waals surface area (Å²) >= 11 is 9.64. The van der Waals surface area contributed by atoms with Crippen molar-refractivity contribution < 1.29 is 14.3 Å². The molecule has 1 aromatic heterocycles. The van der Waals surface area contributed by atoms with Crippen LogP contribution in [0, 0.1) is 0 Å². The van der Waals surface area contributed by atoms with E-state index in [1.165, 1.54) is 0 Å². The van der Waals surface area contributed by atoms with Crippen LogP contribution in [0.3, 0.4) is 0 Å². The van der Waals surface area contributed by atoms with Crippen molar-refractivity contribution >= 4 is 50.0 Å². The molecule has 0 aliphatic carbocycles. The third-order valence-electron chi connectivity index (χ3n) is 3.71. The number of carbonyl (C=O) groups is 1.